The minimum Gasteiger partial charge on any atom is -0.339 e. The second-order valence-corrected chi connectivity index (χ2v) is 7.55. The van der Waals surface area contributed by atoms with Gasteiger partial charge in [-0.05, 0) is 47.6 Å². The van der Waals surface area contributed by atoms with E-state index in [4.69, 9.17) is 12.2 Å². The quantitative estimate of drug-likeness (QED) is 0.358. The van der Waals surface area contributed by atoms with Gasteiger partial charge in [0.25, 0.3) is 0 Å². The van der Waals surface area contributed by atoms with Crippen LogP contribution in [-0.2, 0) is 0 Å². The summed E-state index contributed by atoms with van der Waals surface area (Å²) in [5.74, 6) is 0. The van der Waals surface area contributed by atoms with E-state index in [0.717, 1.165) is 37.0 Å². The summed E-state index contributed by atoms with van der Waals surface area (Å²) in [6, 6.07) is 16.3. The fourth-order valence-corrected chi connectivity index (χ4v) is 3.35. The molecule has 0 aliphatic carbocycles. The predicted molar refractivity (Wildman–Crippen MR) is 107 cm³/mol. The van der Waals surface area contributed by atoms with Gasteiger partial charge in [0.2, 0.25) is 4.77 Å². The van der Waals surface area contributed by atoms with Crippen LogP contribution >= 0.6 is 44.1 Å². The first-order valence-electron chi connectivity index (χ1n) is 7.24. The molecule has 0 bridgehead atoms. The molecule has 2 heterocycles. The molecule has 0 radical (unpaired) electrons. The number of imidazole rings is 1. The van der Waals surface area contributed by atoms with E-state index in [9.17, 15) is 0 Å². The molecule has 0 fully saturated rings. The van der Waals surface area contributed by atoms with Crippen LogP contribution in [0.1, 0.15) is 0 Å². The molecule has 3 nitrogen and oxygen atoms in total. The van der Waals surface area contributed by atoms with Crippen LogP contribution in [0.25, 0.3) is 28.0 Å². The number of nitrogens with one attached hydrogen (secondary N) is 1. The van der Waals surface area contributed by atoms with E-state index in [-0.39, 0.29) is 0 Å². The monoisotopic (exact) mass is 459 g/mol. The van der Waals surface area contributed by atoms with Crippen molar-refractivity contribution in [1.82, 2.24) is 14.4 Å². The van der Waals surface area contributed by atoms with Gasteiger partial charge in [-0.3, -0.25) is 4.40 Å². The summed E-state index contributed by atoms with van der Waals surface area (Å²) in [4.78, 5) is 7.85. The van der Waals surface area contributed by atoms with Gasteiger partial charge in [0.05, 0.1) is 5.69 Å². The van der Waals surface area contributed by atoms with Gasteiger partial charge in [0, 0.05) is 26.9 Å². The Balaban J connectivity index is 1.93. The van der Waals surface area contributed by atoms with Crippen molar-refractivity contribution in [1.29, 1.82) is 0 Å². The third-order valence-electron chi connectivity index (χ3n) is 3.83. The lowest BCUT2D eigenvalue weighted by atomic mass is 10.1. The number of benzene rings is 2. The van der Waals surface area contributed by atoms with Gasteiger partial charge < -0.3 is 4.98 Å². The molecule has 0 saturated carbocycles. The topological polar surface area (TPSA) is 33.1 Å². The lowest BCUT2D eigenvalue weighted by Gasteiger charge is -2.04. The summed E-state index contributed by atoms with van der Waals surface area (Å²) < 4.78 is 4.55. The van der Waals surface area contributed by atoms with Crippen molar-refractivity contribution in [2.45, 2.75) is 0 Å². The normalized spacial score (nSPS) is 11.1. The Kier molecular flexibility index (Phi) is 4.12. The van der Waals surface area contributed by atoms with Gasteiger partial charge in [-0.1, -0.05) is 56.1 Å². The van der Waals surface area contributed by atoms with E-state index in [2.05, 4.69) is 66.1 Å². The minimum atomic E-state index is 0.533. The molecule has 0 atom stereocenters. The third kappa shape index (κ3) is 2.85. The first kappa shape index (κ1) is 15.7. The highest BCUT2D eigenvalue weighted by Gasteiger charge is 2.10. The number of hydrogen-bond acceptors (Lipinski definition) is 2. The molecule has 2 aromatic heterocycles. The van der Waals surface area contributed by atoms with Crippen molar-refractivity contribution in [3.8, 4) is 22.4 Å². The molecule has 0 aliphatic rings. The smallest absolute Gasteiger partial charge is 0.205 e. The van der Waals surface area contributed by atoms with Crippen molar-refractivity contribution in [2.75, 3.05) is 0 Å². The number of rotatable bonds is 2. The van der Waals surface area contributed by atoms with Crippen LogP contribution < -0.4 is 0 Å². The summed E-state index contributed by atoms with van der Waals surface area (Å²) >= 11 is 12.3. The number of nitrogens with zero attached hydrogens (tertiary/aromatic N) is 2. The van der Waals surface area contributed by atoms with Gasteiger partial charge in [0.15, 0.2) is 0 Å². The Morgan fingerprint density at radius 3 is 2.08 bits per heavy atom. The minimum absolute atomic E-state index is 0.533. The number of H-pyrrole nitrogens is 1. The predicted octanol–water partition coefficient (Wildman–Crippen LogP) is 6.25. The molecular weight excluding hydrogens is 450 g/mol. The maximum atomic E-state index is 5.38. The zero-order chi connectivity index (χ0) is 16.7. The van der Waals surface area contributed by atoms with Crippen molar-refractivity contribution in [3.63, 3.8) is 0 Å². The van der Waals surface area contributed by atoms with Gasteiger partial charge in [-0.15, -0.1) is 0 Å². The number of fused-ring (bicyclic) bond motifs is 1. The number of aromatic nitrogens is 3. The second-order valence-electron chi connectivity index (χ2n) is 5.35. The van der Waals surface area contributed by atoms with Crippen molar-refractivity contribution in [3.05, 3.63) is 74.6 Å². The number of aromatic amines is 1. The van der Waals surface area contributed by atoms with Crippen LogP contribution in [-0.4, -0.2) is 14.4 Å². The van der Waals surface area contributed by atoms with E-state index in [1.54, 1.807) is 0 Å². The van der Waals surface area contributed by atoms with Crippen molar-refractivity contribution < 1.29 is 0 Å². The van der Waals surface area contributed by atoms with E-state index < -0.39 is 0 Å². The molecule has 0 aliphatic heterocycles. The zero-order valence-corrected chi connectivity index (χ0v) is 16.3. The average Bonchev–Trinajstić information content (AvgIpc) is 3.03. The largest absolute Gasteiger partial charge is 0.339 e. The molecule has 118 valence electrons. The third-order valence-corrected chi connectivity index (χ3v) is 5.19. The Hall–Kier alpha value is -1.76. The molecule has 4 aromatic rings. The SMILES string of the molecule is S=c1ncc(-c2ccc(Br)cc2)c2[nH]c(-c3ccc(Br)cc3)cn12. The van der Waals surface area contributed by atoms with Gasteiger partial charge in [-0.25, -0.2) is 4.98 Å². The Morgan fingerprint density at radius 1 is 0.875 bits per heavy atom. The molecule has 1 N–H and O–H groups in total. The van der Waals surface area contributed by atoms with E-state index in [1.165, 1.54) is 0 Å². The maximum Gasteiger partial charge on any atom is 0.205 e. The van der Waals surface area contributed by atoms with Crippen LogP contribution in [0.5, 0.6) is 0 Å². The fourth-order valence-electron chi connectivity index (χ4n) is 2.62. The number of halogens is 2. The van der Waals surface area contributed by atoms with Gasteiger partial charge >= 0.3 is 0 Å². The summed E-state index contributed by atoms with van der Waals surface area (Å²) in [7, 11) is 0. The first-order chi connectivity index (χ1) is 11.6. The molecule has 0 spiro atoms. The highest BCUT2D eigenvalue weighted by molar-refractivity contribution is 9.10. The van der Waals surface area contributed by atoms with Crippen LogP contribution in [0.3, 0.4) is 0 Å². The van der Waals surface area contributed by atoms with E-state index >= 15 is 0 Å². The van der Waals surface area contributed by atoms with Crippen LogP contribution in [0.2, 0.25) is 0 Å². The van der Waals surface area contributed by atoms with E-state index in [1.807, 2.05) is 41.1 Å². The van der Waals surface area contributed by atoms with Crippen LogP contribution in [0.15, 0.2) is 69.9 Å². The molecule has 24 heavy (non-hydrogen) atoms. The lowest BCUT2D eigenvalue weighted by molar-refractivity contribution is 1.06. The Labute approximate surface area is 160 Å². The van der Waals surface area contributed by atoms with Crippen LogP contribution in [0.4, 0.5) is 0 Å². The standard InChI is InChI=1S/C18H11Br2N3S/c19-13-5-1-11(2-6-13)15-9-21-18(24)23-10-16(22-17(15)23)12-3-7-14(20)8-4-12/h1-10,22H. The van der Waals surface area contributed by atoms with Crippen molar-refractivity contribution in [2.24, 2.45) is 0 Å². The summed E-state index contributed by atoms with van der Waals surface area (Å²) in [6.07, 6.45) is 3.82. The highest BCUT2D eigenvalue weighted by Crippen LogP contribution is 2.28. The number of hydrogen-bond donors (Lipinski definition) is 1. The molecule has 0 saturated heterocycles. The average molecular weight is 461 g/mol. The molecule has 4 rings (SSSR count). The van der Waals surface area contributed by atoms with Crippen molar-refractivity contribution >= 4 is 49.7 Å². The molecular formula is C18H11Br2N3S. The fraction of sp³-hybridized carbons (Fsp3) is 0. The first-order valence-corrected chi connectivity index (χ1v) is 9.23. The van der Waals surface area contributed by atoms with E-state index in [0.29, 0.717) is 4.77 Å². The van der Waals surface area contributed by atoms with Gasteiger partial charge in [-0.2, -0.15) is 0 Å². The summed E-state index contributed by atoms with van der Waals surface area (Å²) in [5.41, 5.74) is 5.13. The second kappa shape index (κ2) is 6.27. The highest BCUT2D eigenvalue weighted by atomic mass is 79.9. The van der Waals surface area contributed by atoms with Gasteiger partial charge in [0.1, 0.15) is 5.65 Å². The zero-order valence-electron chi connectivity index (χ0n) is 12.3. The maximum absolute atomic E-state index is 5.38. The molecule has 0 amide bonds. The molecule has 6 heteroatoms. The Bertz CT molecular complexity index is 1080. The summed E-state index contributed by atoms with van der Waals surface area (Å²) in [5, 5.41) is 0. The molecule has 0 unspecified atom stereocenters. The van der Waals surface area contributed by atoms with Crippen LogP contribution in [0, 0.1) is 4.77 Å². The molecule has 2 aromatic carbocycles. The summed E-state index contributed by atoms with van der Waals surface area (Å²) in [6.45, 7) is 0. The lowest BCUT2D eigenvalue weighted by Crippen LogP contribution is -1.92. The Morgan fingerprint density at radius 2 is 1.46 bits per heavy atom.